The molecule has 1 saturated carbocycles. The smallest absolute Gasteiger partial charge is 0.122 e. The molecule has 2 aliphatic carbocycles. The van der Waals surface area contributed by atoms with E-state index in [9.17, 15) is 0 Å². The summed E-state index contributed by atoms with van der Waals surface area (Å²) < 4.78 is 6.05. The van der Waals surface area contributed by atoms with Crippen LogP contribution in [0.5, 0.6) is 5.75 Å². The van der Waals surface area contributed by atoms with Gasteiger partial charge in [0.15, 0.2) is 0 Å². The van der Waals surface area contributed by atoms with Crippen molar-refractivity contribution in [2.24, 2.45) is 5.92 Å². The zero-order chi connectivity index (χ0) is 13.1. The molecule has 1 aromatic rings. The van der Waals surface area contributed by atoms with E-state index in [2.05, 4.69) is 30.4 Å². The number of ether oxygens (including phenoxy) is 1. The van der Waals surface area contributed by atoms with Gasteiger partial charge in [-0.3, -0.25) is 0 Å². The lowest BCUT2D eigenvalue weighted by molar-refractivity contribution is 0.293. The van der Waals surface area contributed by atoms with E-state index in [1.54, 1.807) is 0 Å². The Balaban J connectivity index is 1.75. The van der Waals surface area contributed by atoms with Crippen LogP contribution in [0.3, 0.4) is 0 Å². The van der Waals surface area contributed by atoms with Gasteiger partial charge < -0.3 is 10.1 Å². The third kappa shape index (κ3) is 3.11. The topological polar surface area (TPSA) is 21.3 Å². The third-order valence-corrected chi connectivity index (χ3v) is 4.28. The van der Waals surface area contributed by atoms with E-state index in [1.165, 1.54) is 49.7 Å². The van der Waals surface area contributed by atoms with Crippen molar-refractivity contribution in [2.45, 2.75) is 51.5 Å². The van der Waals surface area contributed by atoms with Gasteiger partial charge in [0.2, 0.25) is 0 Å². The van der Waals surface area contributed by atoms with Crippen LogP contribution >= 0.6 is 0 Å². The fourth-order valence-corrected chi connectivity index (χ4v) is 2.97. The highest BCUT2D eigenvalue weighted by atomic mass is 16.5. The highest BCUT2D eigenvalue weighted by Gasteiger charge is 2.25. The summed E-state index contributed by atoms with van der Waals surface area (Å²) in [6.45, 7) is 4.26. The van der Waals surface area contributed by atoms with Crippen molar-refractivity contribution in [1.29, 1.82) is 0 Å². The van der Waals surface area contributed by atoms with Gasteiger partial charge in [0.05, 0.1) is 6.61 Å². The SMILES string of the molecule is CCCNC1CCCc2c(OCC3CC3)cccc21. The minimum atomic E-state index is 0.535. The molecule has 3 rings (SSSR count). The van der Waals surface area contributed by atoms with E-state index in [0.717, 1.165) is 24.8 Å². The van der Waals surface area contributed by atoms with Crippen LogP contribution in [-0.4, -0.2) is 13.2 Å². The Morgan fingerprint density at radius 2 is 2.16 bits per heavy atom. The average molecular weight is 259 g/mol. The number of nitrogens with one attached hydrogen (secondary N) is 1. The maximum atomic E-state index is 6.05. The molecule has 0 bridgehead atoms. The first-order chi connectivity index (χ1) is 9.38. The van der Waals surface area contributed by atoms with Crippen LogP contribution in [-0.2, 0) is 6.42 Å². The van der Waals surface area contributed by atoms with Crippen LogP contribution in [0.4, 0.5) is 0 Å². The fraction of sp³-hybridized carbons (Fsp3) is 0.647. The van der Waals surface area contributed by atoms with Gasteiger partial charge in [-0.1, -0.05) is 19.1 Å². The van der Waals surface area contributed by atoms with Gasteiger partial charge >= 0.3 is 0 Å². The molecule has 0 aliphatic heterocycles. The zero-order valence-electron chi connectivity index (χ0n) is 12.0. The largest absolute Gasteiger partial charge is 0.493 e. The van der Waals surface area contributed by atoms with Gasteiger partial charge in [-0.05, 0) is 68.2 Å². The van der Waals surface area contributed by atoms with Gasteiger partial charge in [0, 0.05) is 6.04 Å². The molecule has 0 radical (unpaired) electrons. The van der Waals surface area contributed by atoms with Crippen molar-refractivity contribution < 1.29 is 4.74 Å². The molecule has 2 heteroatoms. The third-order valence-electron chi connectivity index (χ3n) is 4.28. The summed E-state index contributed by atoms with van der Waals surface area (Å²) in [5.74, 6) is 1.97. The number of rotatable bonds is 6. The van der Waals surface area contributed by atoms with Crippen molar-refractivity contribution in [2.75, 3.05) is 13.2 Å². The standard InChI is InChI=1S/C17H25NO/c1-2-11-18-16-7-3-6-15-14(16)5-4-8-17(15)19-12-13-9-10-13/h4-5,8,13,16,18H,2-3,6-7,9-12H2,1H3. The number of benzene rings is 1. The van der Waals surface area contributed by atoms with Crippen LogP contribution in [0.2, 0.25) is 0 Å². The molecule has 1 atom stereocenters. The zero-order valence-corrected chi connectivity index (χ0v) is 12.0. The summed E-state index contributed by atoms with van der Waals surface area (Å²) in [5.41, 5.74) is 2.94. The summed E-state index contributed by atoms with van der Waals surface area (Å²) in [5, 5.41) is 3.68. The predicted octanol–water partition coefficient (Wildman–Crippen LogP) is 3.85. The summed E-state index contributed by atoms with van der Waals surface area (Å²) in [6, 6.07) is 7.13. The Morgan fingerprint density at radius 3 is 2.95 bits per heavy atom. The lowest BCUT2D eigenvalue weighted by Crippen LogP contribution is -2.26. The highest BCUT2D eigenvalue weighted by molar-refractivity contribution is 5.43. The first-order valence-corrected chi connectivity index (χ1v) is 7.86. The first-order valence-electron chi connectivity index (χ1n) is 7.86. The lowest BCUT2D eigenvalue weighted by atomic mass is 9.87. The number of fused-ring (bicyclic) bond motifs is 1. The van der Waals surface area contributed by atoms with Crippen molar-refractivity contribution in [3.63, 3.8) is 0 Å². The van der Waals surface area contributed by atoms with E-state index >= 15 is 0 Å². The molecule has 0 saturated heterocycles. The molecule has 0 aromatic heterocycles. The van der Waals surface area contributed by atoms with Crippen LogP contribution in [0.25, 0.3) is 0 Å². The van der Waals surface area contributed by atoms with E-state index in [4.69, 9.17) is 4.74 Å². The van der Waals surface area contributed by atoms with Crippen molar-refractivity contribution in [3.8, 4) is 5.75 Å². The molecular formula is C17H25NO. The summed E-state index contributed by atoms with van der Waals surface area (Å²) >= 11 is 0. The number of hydrogen-bond acceptors (Lipinski definition) is 2. The second kappa shape index (κ2) is 5.96. The molecule has 2 nitrogen and oxygen atoms in total. The summed E-state index contributed by atoms with van der Waals surface area (Å²) in [7, 11) is 0. The van der Waals surface area contributed by atoms with Crippen LogP contribution < -0.4 is 10.1 Å². The maximum Gasteiger partial charge on any atom is 0.122 e. The van der Waals surface area contributed by atoms with Crippen LogP contribution in [0.15, 0.2) is 18.2 Å². The molecule has 1 N–H and O–H groups in total. The molecule has 19 heavy (non-hydrogen) atoms. The average Bonchev–Trinajstić information content (AvgIpc) is 3.27. The normalized spacial score (nSPS) is 22.1. The Hall–Kier alpha value is -1.02. The van der Waals surface area contributed by atoms with Gasteiger partial charge in [-0.15, -0.1) is 0 Å². The monoisotopic (exact) mass is 259 g/mol. The summed E-state index contributed by atoms with van der Waals surface area (Å²) in [6.07, 6.45) is 7.63. The molecule has 0 amide bonds. The molecule has 0 spiro atoms. The molecule has 104 valence electrons. The Kier molecular flexibility index (Phi) is 4.07. The molecular weight excluding hydrogens is 234 g/mol. The van der Waals surface area contributed by atoms with Crippen molar-refractivity contribution in [3.05, 3.63) is 29.3 Å². The minimum Gasteiger partial charge on any atom is -0.493 e. The second-order valence-corrected chi connectivity index (χ2v) is 5.98. The molecule has 1 fully saturated rings. The second-order valence-electron chi connectivity index (χ2n) is 5.98. The van der Waals surface area contributed by atoms with E-state index in [-0.39, 0.29) is 0 Å². The highest BCUT2D eigenvalue weighted by Crippen LogP contribution is 2.36. The minimum absolute atomic E-state index is 0.535. The Labute approximate surface area is 116 Å². The van der Waals surface area contributed by atoms with Gasteiger partial charge in [0.25, 0.3) is 0 Å². The van der Waals surface area contributed by atoms with Gasteiger partial charge in [-0.25, -0.2) is 0 Å². The Morgan fingerprint density at radius 1 is 1.26 bits per heavy atom. The number of hydrogen-bond donors (Lipinski definition) is 1. The van der Waals surface area contributed by atoms with Crippen LogP contribution in [0.1, 0.15) is 56.2 Å². The van der Waals surface area contributed by atoms with Gasteiger partial charge in [0.1, 0.15) is 5.75 Å². The molecule has 1 aromatic carbocycles. The molecule has 0 heterocycles. The van der Waals surface area contributed by atoms with Gasteiger partial charge in [-0.2, -0.15) is 0 Å². The van der Waals surface area contributed by atoms with Crippen molar-refractivity contribution in [1.82, 2.24) is 5.32 Å². The maximum absolute atomic E-state index is 6.05. The summed E-state index contributed by atoms with van der Waals surface area (Å²) in [4.78, 5) is 0. The van der Waals surface area contributed by atoms with Crippen LogP contribution in [0, 0.1) is 5.92 Å². The molecule has 2 aliphatic rings. The first kappa shape index (κ1) is 13.0. The fourth-order valence-electron chi connectivity index (χ4n) is 2.97. The van der Waals surface area contributed by atoms with Crippen molar-refractivity contribution >= 4 is 0 Å². The molecule has 1 unspecified atom stereocenters. The lowest BCUT2D eigenvalue weighted by Gasteiger charge is -2.28. The quantitative estimate of drug-likeness (QED) is 0.837. The Bertz CT molecular complexity index is 425. The van der Waals surface area contributed by atoms with E-state index in [0.29, 0.717) is 6.04 Å². The van der Waals surface area contributed by atoms with E-state index < -0.39 is 0 Å². The predicted molar refractivity (Wildman–Crippen MR) is 78.6 cm³/mol. The van der Waals surface area contributed by atoms with E-state index in [1.807, 2.05) is 0 Å².